The third-order valence-corrected chi connectivity index (χ3v) is 3.41. The van der Waals surface area contributed by atoms with Gasteiger partial charge in [-0.3, -0.25) is 10.1 Å². The Balaban J connectivity index is 2.37. The summed E-state index contributed by atoms with van der Waals surface area (Å²) < 4.78 is 42.7. The second-order valence-corrected chi connectivity index (χ2v) is 5.32. The zero-order valence-corrected chi connectivity index (χ0v) is 13.0. The highest BCUT2D eigenvalue weighted by Crippen LogP contribution is 2.39. The van der Waals surface area contributed by atoms with E-state index in [4.69, 9.17) is 39.5 Å². The number of rotatable bonds is 3. The van der Waals surface area contributed by atoms with Crippen LogP contribution >= 0.6 is 34.8 Å². The predicted octanol–water partition coefficient (Wildman–Crippen LogP) is 5.76. The predicted molar refractivity (Wildman–Crippen MR) is 77.4 cm³/mol. The van der Waals surface area contributed by atoms with E-state index in [-0.39, 0.29) is 21.7 Å². The topological polar surface area (TPSA) is 65.3 Å². The third-order valence-electron chi connectivity index (χ3n) is 2.54. The van der Waals surface area contributed by atoms with Gasteiger partial charge in [0.15, 0.2) is 0 Å². The van der Waals surface area contributed by atoms with E-state index in [1.54, 1.807) is 0 Å². The number of aromatic nitrogens is 1. The van der Waals surface area contributed by atoms with Gasteiger partial charge in [-0.2, -0.15) is 13.2 Å². The van der Waals surface area contributed by atoms with Crippen molar-refractivity contribution < 1.29 is 22.8 Å². The summed E-state index contributed by atoms with van der Waals surface area (Å²) in [4.78, 5) is 13.4. The highest BCUT2D eigenvalue weighted by atomic mass is 35.5. The molecule has 2 aromatic rings. The number of benzene rings is 1. The number of hydrogen-bond donors (Lipinski definition) is 0. The molecule has 0 saturated heterocycles. The minimum Gasteiger partial charge on any atom is -0.436 e. The van der Waals surface area contributed by atoms with Crippen LogP contribution < -0.4 is 4.74 Å². The van der Waals surface area contributed by atoms with Gasteiger partial charge in [0, 0.05) is 18.3 Å². The van der Waals surface area contributed by atoms with Crippen LogP contribution in [0.15, 0.2) is 24.4 Å². The second-order valence-electron chi connectivity index (χ2n) is 4.10. The molecular weight excluding hydrogens is 383 g/mol. The number of nitro benzene ring substituents is 1. The smallest absolute Gasteiger partial charge is 0.417 e. The van der Waals surface area contributed by atoms with Crippen LogP contribution in [-0.4, -0.2) is 9.91 Å². The van der Waals surface area contributed by atoms with Gasteiger partial charge in [0.2, 0.25) is 5.88 Å². The van der Waals surface area contributed by atoms with Gasteiger partial charge in [0.25, 0.3) is 5.69 Å². The van der Waals surface area contributed by atoms with Crippen molar-refractivity contribution in [2.24, 2.45) is 0 Å². The van der Waals surface area contributed by atoms with Crippen LogP contribution in [-0.2, 0) is 6.18 Å². The molecule has 122 valence electrons. The van der Waals surface area contributed by atoms with Crippen molar-refractivity contribution >= 4 is 40.5 Å². The van der Waals surface area contributed by atoms with E-state index in [0.717, 1.165) is 12.1 Å². The van der Waals surface area contributed by atoms with Crippen LogP contribution in [0.5, 0.6) is 11.6 Å². The van der Waals surface area contributed by atoms with Gasteiger partial charge in [0.05, 0.1) is 15.5 Å². The van der Waals surface area contributed by atoms with Crippen molar-refractivity contribution in [2.75, 3.05) is 0 Å². The Morgan fingerprint density at radius 3 is 2.26 bits per heavy atom. The standard InChI is InChI=1S/C12H4Cl3F3N2O3/c13-6-3-10(7(14)2-9(6)20(21)22)23-11-8(15)1-5(4-19-11)12(16,17)18/h1-4H. The van der Waals surface area contributed by atoms with Gasteiger partial charge in [-0.15, -0.1) is 0 Å². The lowest BCUT2D eigenvalue weighted by Gasteiger charge is -2.11. The van der Waals surface area contributed by atoms with Crippen LogP contribution in [0.2, 0.25) is 15.1 Å². The van der Waals surface area contributed by atoms with Gasteiger partial charge in [-0.1, -0.05) is 34.8 Å². The van der Waals surface area contributed by atoms with E-state index >= 15 is 0 Å². The quantitative estimate of drug-likeness (QED) is 0.496. The Morgan fingerprint density at radius 2 is 1.74 bits per heavy atom. The molecule has 0 radical (unpaired) electrons. The van der Waals surface area contributed by atoms with Crippen molar-refractivity contribution in [3.8, 4) is 11.6 Å². The van der Waals surface area contributed by atoms with E-state index in [2.05, 4.69) is 4.98 Å². The van der Waals surface area contributed by atoms with Crippen LogP contribution in [0.25, 0.3) is 0 Å². The number of nitrogens with zero attached hydrogens (tertiary/aromatic N) is 2. The van der Waals surface area contributed by atoms with E-state index in [1.807, 2.05) is 0 Å². The van der Waals surface area contributed by atoms with E-state index in [0.29, 0.717) is 12.3 Å². The molecule has 0 aliphatic rings. The lowest BCUT2D eigenvalue weighted by Crippen LogP contribution is -2.05. The molecule has 0 atom stereocenters. The van der Waals surface area contributed by atoms with E-state index in [9.17, 15) is 23.3 Å². The first kappa shape index (κ1) is 17.6. The first-order valence-corrected chi connectivity index (χ1v) is 6.77. The maximum Gasteiger partial charge on any atom is 0.417 e. The zero-order chi connectivity index (χ0) is 17.4. The molecule has 5 nitrogen and oxygen atoms in total. The van der Waals surface area contributed by atoms with Gasteiger partial charge < -0.3 is 4.74 Å². The molecule has 0 unspecified atom stereocenters. The summed E-state index contributed by atoms with van der Waals surface area (Å²) in [5.74, 6) is -0.497. The van der Waals surface area contributed by atoms with Crippen LogP contribution in [0, 0.1) is 10.1 Å². The van der Waals surface area contributed by atoms with Crippen LogP contribution in [0.3, 0.4) is 0 Å². The van der Waals surface area contributed by atoms with Crippen molar-refractivity contribution in [3.05, 3.63) is 55.1 Å². The monoisotopic (exact) mass is 386 g/mol. The fourth-order valence-corrected chi connectivity index (χ4v) is 2.12. The van der Waals surface area contributed by atoms with E-state index in [1.165, 1.54) is 0 Å². The molecular formula is C12H4Cl3F3N2O3. The Hall–Kier alpha value is -1.77. The van der Waals surface area contributed by atoms with Crippen molar-refractivity contribution in [3.63, 3.8) is 0 Å². The van der Waals surface area contributed by atoms with Gasteiger partial charge in [-0.25, -0.2) is 4.98 Å². The van der Waals surface area contributed by atoms with E-state index < -0.39 is 27.4 Å². The molecule has 0 saturated carbocycles. The Morgan fingerprint density at radius 1 is 1.09 bits per heavy atom. The number of halogens is 6. The molecule has 1 aromatic heterocycles. The maximum absolute atomic E-state index is 12.5. The lowest BCUT2D eigenvalue weighted by molar-refractivity contribution is -0.384. The van der Waals surface area contributed by atoms with Crippen molar-refractivity contribution in [1.29, 1.82) is 0 Å². The van der Waals surface area contributed by atoms with Crippen LogP contribution in [0.1, 0.15) is 5.56 Å². The normalized spacial score (nSPS) is 11.4. The Labute approximate surface area is 141 Å². The molecule has 2 rings (SSSR count). The summed E-state index contributed by atoms with van der Waals surface area (Å²) in [6.45, 7) is 0. The summed E-state index contributed by atoms with van der Waals surface area (Å²) in [5, 5.41) is 9.85. The molecule has 0 aliphatic heterocycles. The summed E-state index contributed by atoms with van der Waals surface area (Å²) in [5.41, 5.74) is -1.50. The number of hydrogen-bond acceptors (Lipinski definition) is 4. The SMILES string of the molecule is O=[N+]([O-])c1cc(Cl)c(Oc2ncc(C(F)(F)F)cc2Cl)cc1Cl. The summed E-state index contributed by atoms with van der Waals surface area (Å²) in [6, 6.07) is 2.61. The molecule has 0 bridgehead atoms. The fraction of sp³-hybridized carbons (Fsp3) is 0.0833. The number of alkyl halides is 3. The highest BCUT2D eigenvalue weighted by Gasteiger charge is 2.32. The minimum absolute atomic E-state index is 0.142. The maximum atomic E-state index is 12.5. The average Bonchev–Trinajstić information content (AvgIpc) is 2.43. The molecule has 11 heteroatoms. The summed E-state index contributed by atoms with van der Waals surface area (Å²) >= 11 is 17.2. The van der Waals surface area contributed by atoms with Crippen molar-refractivity contribution in [1.82, 2.24) is 4.98 Å². The Kier molecular flexibility index (Phi) is 4.88. The molecule has 0 amide bonds. The summed E-state index contributed by atoms with van der Waals surface area (Å²) in [7, 11) is 0. The molecule has 1 heterocycles. The molecule has 23 heavy (non-hydrogen) atoms. The minimum atomic E-state index is -4.61. The first-order valence-electron chi connectivity index (χ1n) is 5.63. The lowest BCUT2D eigenvalue weighted by atomic mass is 10.3. The third kappa shape index (κ3) is 3.95. The molecule has 0 aliphatic carbocycles. The first-order chi connectivity index (χ1) is 10.6. The number of pyridine rings is 1. The molecule has 0 N–H and O–H groups in total. The number of nitro groups is 1. The fourth-order valence-electron chi connectivity index (χ4n) is 1.50. The Bertz CT molecular complexity index is 784. The van der Waals surface area contributed by atoms with Crippen LogP contribution in [0.4, 0.5) is 18.9 Å². The van der Waals surface area contributed by atoms with Crippen molar-refractivity contribution in [2.45, 2.75) is 6.18 Å². The molecule has 1 aromatic carbocycles. The number of ether oxygens (including phenoxy) is 1. The summed E-state index contributed by atoms with van der Waals surface area (Å²) in [6.07, 6.45) is -4.08. The average molecular weight is 388 g/mol. The van der Waals surface area contributed by atoms with Gasteiger partial charge >= 0.3 is 6.18 Å². The second kappa shape index (κ2) is 6.38. The van der Waals surface area contributed by atoms with Gasteiger partial charge in [-0.05, 0) is 6.07 Å². The highest BCUT2D eigenvalue weighted by molar-refractivity contribution is 6.36. The largest absolute Gasteiger partial charge is 0.436 e. The van der Waals surface area contributed by atoms with Gasteiger partial charge in [0.1, 0.15) is 15.8 Å². The molecule has 0 spiro atoms. The molecule has 0 fully saturated rings. The zero-order valence-electron chi connectivity index (χ0n) is 10.7.